The number of para-hydroxylation sites is 2. The number of carbonyl (C=O) groups is 1. The van der Waals surface area contributed by atoms with Crippen molar-refractivity contribution in [2.45, 2.75) is 26.3 Å². The predicted molar refractivity (Wildman–Crippen MR) is 124 cm³/mol. The Morgan fingerprint density at radius 3 is 2.44 bits per heavy atom. The Kier molecular flexibility index (Phi) is 5.11. The minimum Gasteiger partial charge on any atom is -0.439 e. The fourth-order valence-electron chi connectivity index (χ4n) is 4.01. The Balaban J connectivity index is 1.53. The number of benzene rings is 3. The maximum Gasteiger partial charge on any atom is 0.278 e. The molecule has 0 aliphatic carbocycles. The molecule has 0 saturated heterocycles. The van der Waals surface area contributed by atoms with Crippen molar-refractivity contribution in [1.29, 1.82) is 0 Å². The number of carbonyl (C=O) groups excluding carboxylic acids is 1. The summed E-state index contributed by atoms with van der Waals surface area (Å²) in [5.41, 5.74) is 3.92. The van der Waals surface area contributed by atoms with Gasteiger partial charge in [-0.15, -0.1) is 0 Å². The molecule has 0 fully saturated rings. The summed E-state index contributed by atoms with van der Waals surface area (Å²) in [4.78, 5) is 26.3. The highest BCUT2D eigenvalue weighted by molar-refractivity contribution is 5.90. The van der Waals surface area contributed by atoms with Gasteiger partial charge in [0.1, 0.15) is 12.3 Å². The van der Waals surface area contributed by atoms with Gasteiger partial charge in [-0.25, -0.2) is 9.36 Å². The molecule has 160 valence electrons. The lowest BCUT2D eigenvalue weighted by molar-refractivity contribution is -0.117. The zero-order chi connectivity index (χ0) is 22.1. The lowest BCUT2D eigenvalue weighted by Crippen LogP contribution is -2.27. The fraction of sp³-hybridized carbons (Fsp3) is 0.154. The lowest BCUT2D eigenvalue weighted by Gasteiger charge is -2.19. The SMILES string of the molecule is CCc1ccc(NC(=O)Cn2c3c(c(=O)n2-c2ccccc2)Cc2ccccc2O3)cc1. The zero-order valence-electron chi connectivity index (χ0n) is 17.7. The van der Waals surface area contributed by atoms with Crippen molar-refractivity contribution >= 4 is 11.6 Å². The number of hydrogen-bond donors (Lipinski definition) is 1. The van der Waals surface area contributed by atoms with Gasteiger partial charge in [-0.2, -0.15) is 0 Å². The lowest BCUT2D eigenvalue weighted by atomic mass is 10.0. The second kappa shape index (κ2) is 8.23. The highest BCUT2D eigenvalue weighted by Gasteiger charge is 2.29. The third kappa shape index (κ3) is 3.60. The van der Waals surface area contributed by atoms with Crippen LogP contribution < -0.4 is 15.6 Å². The topological polar surface area (TPSA) is 65.3 Å². The van der Waals surface area contributed by atoms with Gasteiger partial charge < -0.3 is 10.1 Å². The summed E-state index contributed by atoms with van der Waals surface area (Å²) in [6.07, 6.45) is 1.40. The summed E-state index contributed by atoms with van der Waals surface area (Å²) in [6, 6.07) is 24.7. The highest BCUT2D eigenvalue weighted by Crippen LogP contribution is 2.35. The minimum atomic E-state index is -0.237. The van der Waals surface area contributed by atoms with Crippen LogP contribution in [0.3, 0.4) is 0 Å². The minimum absolute atomic E-state index is 0.0584. The molecular weight excluding hydrogens is 402 g/mol. The maximum absolute atomic E-state index is 13.4. The van der Waals surface area contributed by atoms with E-state index in [4.69, 9.17) is 4.74 Å². The van der Waals surface area contributed by atoms with Crippen molar-refractivity contribution in [1.82, 2.24) is 9.36 Å². The van der Waals surface area contributed by atoms with Crippen molar-refractivity contribution < 1.29 is 9.53 Å². The normalized spacial score (nSPS) is 11.9. The summed E-state index contributed by atoms with van der Waals surface area (Å²) in [6.45, 7) is 2.03. The summed E-state index contributed by atoms with van der Waals surface area (Å²) in [5.74, 6) is 0.878. The van der Waals surface area contributed by atoms with Crippen molar-refractivity contribution in [3.05, 3.63) is 106 Å². The van der Waals surface area contributed by atoms with E-state index in [9.17, 15) is 9.59 Å². The van der Waals surface area contributed by atoms with Gasteiger partial charge in [-0.1, -0.05) is 55.5 Å². The molecule has 1 amide bonds. The summed E-state index contributed by atoms with van der Waals surface area (Å²) in [7, 11) is 0. The number of amides is 1. The average molecular weight is 425 g/mol. The largest absolute Gasteiger partial charge is 0.439 e. The first-order valence-electron chi connectivity index (χ1n) is 10.7. The van der Waals surface area contributed by atoms with E-state index < -0.39 is 0 Å². The molecule has 1 N–H and O–H groups in total. The number of anilines is 1. The van der Waals surface area contributed by atoms with Crippen LogP contribution in [0.25, 0.3) is 5.69 Å². The molecule has 1 aliphatic rings. The molecule has 0 unspecified atom stereocenters. The first-order chi connectivity index (χ1) is 15.6. The van der Waals surface area contributed by atoms with Crippen LogP contribution in [0.15, 0.2) is 83.7 Å². The molecule has 0 radical (unpaired) electrons. The summed E-state index contributed by atoms with van der Waals surface area (Å²) >= 11 is 0. The van der Waals surface area contributed by atoms with E-state index in [1.165, 1.54) is 10.2 Å². The molecule has 6 heteroatoms. The third-order valence-electron chi connectivity index (χ3n) is 5.67. The molecule has 3 aromatic carbocycles. The molecule has 5 rings (SSSR count). The van der Waals surface area contributed by atoms with E-state index in [2.05, 4.69) is 12.2 Å². The van der Waals surface area contributed by atoms with Crippen LogP contribution in [0.1, 0.15) is 23.6 Å². The molecule has 2 heterocycles. The van der Waals surface area contributed by atoms with Gasteiger partial charge in [-0.3, -0.25) is 9.59 Å². The third-order valence-corrected chi connectivity index (χ3v) is 5.67. The predicted octanol–water partition coefficient (Wildman–Crippen LogP) is 4.54. The van der Waals surface area contributed by atoms with Crippen LogP contribution in [0.4, 0.5) is 5.69 Å². The Labute approximate surface area is 185 Å². The average Bonchev–Trinajstić information content (AvgIpc) is 3.09. The molecule has 32 heavy (non-hydrogen) atoms. The molecule has 0 atom stereocenters. The second-order valence-electron chi connectivity index (χ2n) is 7.78. The molecule has 0 spiro atoms. The van der Waals surface area contributed by atoms with Crippen LogP contribution >= 0.6 is 0 Å². The number of hydrogen-bond acceptors (Lipinski definition) is 3. The van der Waals surface area contributed by atoms with Crippen molar-refractivity contribution in [2.24, 2.45) is 0 Å². The number of ether oxygens (including phenoxy) is 1. The van der Waals surface area contributed by atoms with E-state index in [0.717, 1.165) is 12.0 Å². The van der Waals surface area contributed by atoms with Crippen molar-refractivity contribution in [2.75, 3.05) is 5.32 Å². The number of aromatic nitrogens is 2. The molecule has 1 aromatic heterocycles. The Morgan fingerprint density at radius 2 is 1.69 bits per heavy atom. The van der Waals surface area contributed by atoms with Crippen molar-refractivity contribution in [3.63, 3.8) is 0 Å². The number of nitrogens with one attached hydrogen (secondary N) is 1. The van der Waals surface area contributed by atoms with E-state index in [1.54, 1.807) is 4.68 Å². The van der Waals surface area contributed by atoms with Gasteiger partial charge in [0, 0.05) is 12.1 Å². The van der Waals surface area contributed by atoms with E-state index in [-0.39, 0.29) is 18.0 Å². The van der Waals surface area contributed by atoms with Crippen LogP contribution in [0.5, 0.6) is 11.6 Å². The van der Waals surface area contributed by atoms with Gasteiger partial charge in [0.2, 0.25) is 11.8 Å². The number of aryl methyl sites for hydroxylation is 1. The quantitative estimate of drug-likeness (QED) is 0.450. The first kappa shape index (κ1) is 19.9. The fourth-order valence-corrected chi connectivity index (χ4v) is 4.01. The Hall–Kier alpha value is -4.06. The zero-order valence-corrected chi connectivity index (χ0v) is 17.7. The van der Waals surface area contributed by atoms with Gasteiger partial charge >= 0.3 is 0 Å². The van der Waals surface area contributed by atoms with E-state index in [1.807, 2.05) is 78.9 Å². The van der Waals surface area contributed by atoms with E-state index >= 15 is 0 Å². The first-order valence-corrected chi connectivity index (χ1v) is 10.7. The van der Waals surface area contributed by atoms with Crippen LogP contribution in [-0.4, -0.2) is 15.3 Å². The maximum atomic E-state index is 13.4. The highest BCUT2D eigenvalue weighted by atomic mass is 16.5. The molecule has 0 saturated carbocycles. The van der Waals surface area contributed by atoms with Gasteiger partial charge in [-0.05, 0) is 47.9 Å². The Bertz CT molecular complexity index is 1340. The summed E-state index contributed by atoms with van der Waals surface area (Å²) in [5, 5.41) is 2.92. The van der Waals surface area contributed by atoms with Crippen LogP contribution in [-0.2, 0) is 24.2 Å². The smallest absolute Gasteiger partial charge is 0.278 e. The van der Waals surface area contributed by atoms with Crippen molar-refractivity contribution in [3.8, 4) is 17.3 Å². The number of fused-ring (bicyclic) bond motifs is 2. The van der Waals surface area contributed by atoms with E-state index in [0.29, 0.717) is 35.0 Å². The van der Waals surface area contributed by atoms with Crippen LogP contribution in [0, 0.1) is 0 Å². The molecule has 1 aliphatic heterocycles. The van der Waals surface area contributed by atoms with Gasteiger partial charge in [0.25, 0.3) is 5.56 Å². The number of nitrogens with zero attached hydrogens (tertiary/aromatic N) is 2. The van der Waals surface area contributed by atoms with Crippen LogP contribution in [0.2, 0.25) is 0 Å². The monoisotopic (exact) mass is 425 g/mol. The second-order valence-corrected chi connectivity index (χ2v) is 7.78. The standard InChI is InChI=1S/C26H23N3O3/c1-2-18-12-14-20(15-13-18)27-24(30)17-28-26-22(16-19-8-6-7-11-23(19)32-26)25(31)29(28)21-9-4-3-5-10-21/h3-15H,2,16-17H2,1H3,(H,27,30). The van der Waals surface area contributed by atoms with Gasteiger partial charge in [0.15, 0.2) is 0 Å². The number of rotatable bonds is 5. The summed E-state index contributed by atoms with van der Waals surface area (Å²) < 4.78 is 9.28. The van der Waals surface area contributed by atoms with Gasteiger partial charge in [0.05, 0.1) is 11.3 Å². The Morgan fingerprint density at radius 1 is 0.969 bits per heavy atom. The molecule has 0 bridgehead atoms. The molecular formula is C26H23N3O3. The molecule has 6 nitrogen and oxygen atoms in total. The molecule has 4 aromatic rings.